The third kappa shape index (κ3) is 4.18. The number of alkyl halides is 3. The van der Waals surface area contributed by atoms with Gasteiger partial charge in [0.05, 0.1) is 12.1 Å². The molecule has 0 radical (unpaired) electrons. The van der Waals surface area contributed by atoms with Crippen LogP contribution in [-0.2, 0) is 19.3 Å². The summed E-state index contributed by atoms with van der Waals surface area (Å²) in [5.41, 5.74) is 0.124. The largest absolute Gasteiger partial charge is 0.416 e. The van der Waals surface area contributed by atoms with Crippen LogP contribution in [0.2, 0.25) is 5.02 Å². The molecule has 0 spiro atoms. The maximum atomic E-state index is 13.0. The third-order valence-electron chi connectivity index (χ3n) is 4.43. The predicted molar refractivity (Wildman–Crippen MR) is 106 cm³/mol. The number of anilines is 1. The van der Waals surface area contributed by atoms with E-state index in [4.69, 9.17) is 23.8 Å². The number of thiocarbonyl (C=S) groups is 1. The molecule has 6 nitrogen and oxygen atoms in total. The Kier molecular flexibility index (Phi) is 5.13. The van der Waals surface area contributed by atoms with E-state index in [0.717, 1.165) is 24.0 Å². The Morgan fingerprint density at radius 3 is 2.72 bits per heavy atom. The Balaban J connectivity index is 1.52. The van der Waals surface area contributed by atoms with Crippen molar-refractivity contribution in [2.75, 3.05) is 11.9 Å². The molecule has 4 rings (SSSR count). The van der Waals surface area contributed by atoms with E-state index in [-0.39, 0.29) is 5.69 Å². The molecule has 0 amide bonds. The van der Waals surface area contributed by atoms with E-state index in [1.165, 1.54) is 0 Å². The van der Waals surface area contributed by atoms with Crippen molar-refractivity contribution < 1.29 is 13.2 Å². The zero-order valence-electron chi connectivity index (χ0n) is 14.8. The van der Waals surface area contributed by atoms with Gasteiger partial charge in [-0.3, -0.25) is 4.98 Å². The molecular formula is C18H14ClF3N6S. The van der Waals surface area contributed by atoms with E-state index >= 15 is 0 Å². The van der Waals surface area contributed by atoms with Gasteiger partial charge in [0.2, 0.25) is 0 Å². The first-order chi connectivity index (χ1) is 13.8. The summed E-state index contributed by atoms with van der Waals surface area (Å²) in [6.07, 6.45) is -3.32. The number of fused-ring (bicyclic) bond motifs is 1. The second-order valence-electron chi connectivity index (χ2n) is 6.38. The summed E-state index contributed by atoms with van der Waals surface area (Å²) < 4.78 is 40.7. The Hall–Kier alpha value is -2.72. The molecular weight excluding hydrogens is 425 g/mol. The maximum absolute atomic E-state index is 13.0. The van der Waals surface area contributed by atoms with Crippen molar-refractivity contribution in [1.29, 1.82) is 0 Å². The van der Waals surface area contributed by atoms with Crippen molar-refractivity contribution in [3.05, 3.63) is 59.0 Å². The lowest BCUT2D eigenvalue weighted by molar-refractivity contribution is -0.137. The molecule has 0 bridgehead atoms. The van der Waals surface area contributed by atoms with Crippen LogP contribution in [-0.4, -0.2) is 36.3 Å². The lowest BCUT2D eigenvalue weighted by atomic mass is 10.2. The highest BCUT2D eigenvalue weighted by Gasteiger charge is 2.32. The number of hydrogen-bond acceptors (Lipinski definition) is 4. The maximum Gasteiger partial charge on any atom is 0.416 e. The lowest BCUT2D eigenvalue weighted by Gasteiger charge is -2.30. The number of hydrogen-bond donors (Lipinski definition) is 1. The molecule has 2 aromatic heterocycles. The van der Waals surface area contributed by atoms with Gasteiger partial charge in [-0.05, 0) is 42.5 Å². The minimum atomic E-state index is -4.45. The van der Waals surface area contributed by atoms with Gasteiger partial charge in [-0.2, -0.15) is 13.2 Å². The van der Waals surface area contributed by atoms with E-state index in [1.807, 2.05) is 17.0 Å². The third-order valence-corrected chi connectivity index (χ3v) is 5.03. The van der Waals surface area contributed by atoms with Crippen LogP contribution in [0.4, 0.5) is 18.9 Å². The van der Waals surface area contributed by atoms with Crippen LogP contribution in [0.3, 0.4) is 0 Å². The van der Waals surface area contributed by atoms with E-state index in [0.29, 0.717) is 41.4 Å². The summed E-state index contributed by atoms with van der Waals surface area (Å²) in [6, 6.07) is 9.10. The number of pyridine rings is 1. The van der Waals surface area contributed by atoms with Gasteiger partial charge < -0.3 is 14.8 Å². The second kappa shape index (κ2) is 7.60. The zero-order valence-corrected chi connectivity index (χ0v) is 16.4. The zero-order chi connectivity index (χ0) is 20.6. The van der Waals surface area contributed by atoms with Crippen LogP contribution >= 0.6 is 23.8 Å². The van der Waals surface area contributed by atoms with Gasteiger partial charge in [0.25, 0.3) is 0 Å². The molecule has 150 valence electrons. The first-order valence-electron chi connectivity index (χ1n) is 8.58. The van der Waals surface area contributed by atoms with E-state index in [9.17, 15) is 13.2 Å². The molecule has 0 aliphatic carbocycles. The summed E-state index contributed by atoms with van der Waals surface area (Å²) in [7, 11) is 0. The van der Waals surface area contributed by atoms with Gasteiger partial charge in [0, 0.05) is 30.0 Å². The molecule has 1 N–H and O–H groups in total. The van der Waals surface area contributed by atoms with Crippen molar-refractivity contribution in [3.8, 4) is 11.5 Å². The van der Waals surface area contributed by atoms with Crippen LogP contribution in [0.25, 0.3) is 11.5 Å². The number of halogens is 4. The van der Waals surface area contributed by atoms with Crippen molar-refractivity contribution >= 4 is 34.6 Å². The number of rotatable bonds is 2. The molecule has 29 heavy (non-hydrogen) atoms. The molecule has 3 aromatic rings. The van der Waals surface area contributed by atoms with Crippen LogP contribution in [0.1, 0.15) is 11.4 Å². The summed E-state index contributed by atoms with van der Waals surface area (Å²) in [4.78, 5) is 5.94. The van der Waals surface area contributed by atoms with Crippen LogP contribution in [0.5, 0.6) is 0 Å². The summed E-state index contributed by atoms with van der Waals surface area (Å²) in [6.45, 7) is 1.38. The molecule has 0 atom stereocenters. The summed E-state index contributed by atoms with van der Waals surface area (Å²) in [5.74, 6) is 0.903. The number of aromatic nitrogens is 4. The second-order valence-corrected chi connectivity index (χ2v) is 7.20. The quantitative estimate of drug-likeness (QED) is 0.604. The molecule has 0 unspecified atom stereocenters. The molecule has 11 heteroatoms. The monoisotopic (exact) mass is 438 g/mol. The molecule has 1 aromatic carbocycles. The standard InChI is InChI=1S/C18H14ClF3N6S/c19-12-2-1-3-13(9-12)24-17(29)27-6-7-28-15(10-27)25-26-16(28)14-8-11(4-5-23-14)18(20,21)22/h1-5,8-9H,6-7,10H2,(H,24,29). The average molecular weight is 439 g/mol. The lowest BCUT2D eigenvalue weighted by Crippen LogP contribution is -2.40. The van der Waals surface area contributed by atoms with Crippen molar-refractivity contribution in [2.24, 2.45) is 0 Å². The van der Waals surface area contributed by atoms with E-state index in [2.05, 4.69) is 20.5 Å². The highest BCUT2D eigenvalue weighted by Crippen LogP contribution is 2.31. The molecule has 1 aliphatic heterocycles. The topological polar surface area (TPSA) is 58.9 Å². The minimum absolute atomic E-state index is 0.131. The van der Waals surface area contributed by atoms with Crippen molar-refractivity contribution in [2.45, 2.75) is 19.3 Å². The first kappa shape index (κ1) is 19.6. The van der Waals surface area contributed by atoms with Gasteiger partial charge >= 0.3 is 6.18 Å². The van der Waals surface area contributed by atoms with Crippen LogP contribution in [0, 0.1) is 0 Å². The highest BCUT2D eigenvalue weighted by atomic mass is 35.5. The number of nitrogens with zero attached hydrogens (tertiary/aromatic N) is 5. The Labute approximate surface area is 174 Å². The number of benzene rings is 1. The number of nitrogens with one attached hydrogen (secondary N) is 1. The first-order valence-corrected chi connectivity index (χ1v) is 9.37. The van der Waals surface area contributed by atoms with E-state index < -0.39 is 11.7 Å². The summed E-state index contributed by atoms with van der Waals surface area (Å²) in [5, 5.41) is 12.4. The smallest absolute Gasteiger partial charge is 0.340 e. The van der Waals surface area contributed by atoms with Crippen LogP contribution < -0.4 is 5.32 Å². The van der Waals surface area contributed by atoms with Gasteiger partial charge in [-0.15, -0.1) is 10.2 Å². The molecule has 0 fully saturated rings. The molecule has 0 saturated heterocycles. The average Bonchev–Trinajstić information content (AvgIpc) is 3.10. The normalized spacial score (nSPS) is 13.9. The van der Waals surface area contributed by atoms with Gasteiger partial charge in [-0.25, -0.2) is 0 Å². The fourth-order valence-electron chi connectivity index (χ4n) is 3.02. The predicted octanol–water partition coefficient (Wildman–Crippen LogP) is 4.22. The van der Waals surface area contributed by atoms with Crippen molar-refractivity contribution in [3.63, 3.8) is 0 Å². The van der Waals surface area contributed by atoms with Crippen LogP contribution in [0.15, 0.2) is 42.6 Å². The van der Waals surface area contributed by atoms with Gasteiger partial charge in [0.1, 0.15) is 5.69 Å². The molecule has 0 saturated carbocycles. The Morgan fingerprint density at radius 2 is 1.97 bits per heavy atom. The van der Waals surface area contributed by atoms with Crippen molar-refractivity contribution in [1.82, 2.24) is 24.6 Å². The fraction of sp³-hybridized carbons (Fsp3) is 0.222. The van der Waals surface area contributed by atoms with Gasteiger partial charge in [0.15, 0.2) is 16.8 Å². The minimum Gasteiger partial charge on any atom is -0.340 e. The van der Waals surface area contributed by atoms with E-state index in [1.54, 1.807) is 16.7 Å². The Bertz CT molecular complexity index is 1070. The van der Waals surface area contributed by atoms with Gasteiger partial charge in [-0.1, -0.05) is 17.7 Å². The SMILES string of the molecule is FC(F)(F)c1ccnc(-c2nnc3n2CCN(C(=S)Nc2cccc(Cl)c2)C3)c1. The molecule has 3 heterocycles. The summed E-state index contributed by atoms with van der Waals surface area (Å²) >= 11 is 11.4. The fourth-order valence-corrected chi connectivity index (χ4v) is 3.48. The molecule has 1 aliphatic rings. The Morgan fingerprint density at radius 1 is 1.14 bits per heavy atom. The highest BCUT2D eigenvalue weighted by molar-refractivity contribution is 7.80.